The van der Waals surface area contributed by atoms with E-state index in [0.717, 1.165) is 69.3 Å². The van der Waals surface area contributed by atoms with E-state index < -0.39 is 0 Å². The number of β-amino-alcohol motifs (C(OH)–C–C–N with tert-alkyl or cyclic N) is 1. The second kappa shape index (κ2) is 6.49. The Balaban J connectivity index is 1.31. The van der Waals surface area contributed by atoms with Gasteiger partial charge >= 0.3 is 5.69 Å². The van der Waals surface area contributed by atoms with Gasteiger partial charge in [-0.25, -0.2) is 4.79 Å². The minimum atomic E-state index is -0.193. The topological polar surface area (TPSA) is 81.6 Å². The summed E-state index contributed by atoms with van der Waals surface area (Å²) in [6, 6.07) is 6.29. The van der Waals surface area contributed by atoms with Gasteiger partial charge in [-0.15, -0.1) is 0 Å². The predicted molar refractivity (Wildman–Crippen MR) is 102 cm³/mol. The summed E-state index contributed by atoms with van der Waals surface area (Å²) in [5, 5.41) is 9.74. The zero-order chi connectivity index (χ0) is 18.5. The fourth-order valence-corrected chi connectivity index (χ4v) is 4.67. The first-order valence-corrected chi connectivity index (χ1v) is 10.1. The summed E-state index contributed by atoms with van der Waals surface area (Å²) < 4.78 is 1.80. The van der Waals surface area contributed by atoms with Crippen LogP contribution in [0, 0.1) is 0 Å². The number of carbonyl (C=O) groups is 1. The molecule has 2 aromatic rings. The summed E-state index contributed by atoms with van der Waals surface area (Å²) in [6.45, 7) is 3.22. The average Bonchev–Trinajstić information content (AvgIpc) is 3.32. The summed E-state index contributed by atoms with van der Waals surface area (Å²) in [7, 11) is 0. The van der Waals surface area contributed by atoms with Crippen molar-refractivity contribution in [2.45, 2.75) is 50.3 Å². The van der Waals surface area contributed by atoms with Crippen LogP contribution in [-0.4, -0.2) is 68.7 Å². The van der Waals surface area contributed by atoms with Crippen LogP contribution in [0.25, 0.3) is 11.0 Å². The van der Waals surface area contributed by atoms with Gasteiger partial charge in [-0.1, -0.05) is 0 Å². The number of carbonyl (C=O) groups excluding carboxylic acids is 1. The number of imidazole rings is 1. The molecule has 3 fully saturated rings. The molecule has 7 heteroatoms. The van der Waals surface area contributed by atoms with E-state index in [0.29, 0.717) is 11.6 Å². The van der Waals surface area contributed by atoms with Crippen LogP contribution in [0.3, 0.4) is 0 Å². The van der Waals surface area contributed by atoms with Gasteiger partial charge in [0.15, 0.2) is 0 Å². The van der Waals surface area contributed by atoms with E-state index in [-0.39, 0.29) is 23.7 Å². The fraction of sp³-hybridized carbons (Fsp3) is 0.600. The molecule has 3 aliphatic rings. The van der Waals surface area contributed by atoms with Crippen molar-refractivity contribution in [1.29, 1.82) is 0 Å². The number of amides is 1. The van der Waals surface area contributed by atoms with Crippen molar-refractivity contribution >= 4 is 16.9 Å². The number of rotatable bonds is 3. The van der Waals surface area contributed by atoms with Gasteiger partial charge in [0, 0.05) is 43.8 Å². The summed E-state index contributed by atoms with van der Waals surface area (Å²) in [6.07, 6.45) is 4.64. The second-order valence-electron chi connectivity index (χ2n) is 8.22. The Bertz CT molecular complexity index is 921. The molecule has 3 heterocycles. The van der Waals surface area contributed by atoms with Crippen LogP contribution in [0.2, 0.25) is 0 Å². The molecule has 1 saturated carbocycles. The fourth-order valence-electron chi connectivity index (χ4n) is 4.67. The van der Waals surface area contributed by atoms with E-state index >= 15 is 0 Å². The van der Waals surface area contributed by atoms with Crippen molar-refractivity contribution < 1.29 is 9.90 Å². The Kier molecular flexibility index (Phi) is 4.09. The van der Waals surface area contributed by atoms with Crippen molar-refractivity contribution in [1.82, 2.24) is 19.4 Å². The molecule has 2 N–H and O–H groups in total. The van der Waals surface area contributed by atoms with Gasteiger partial charge < -0.3 is 15.0 Å². The number of hydrogen-bond donors (Lipinski definition) is 2. The maximum Gasteiger partial charge on any atom is 0.326 e. The van der Waals surface area contributed by atoms with Crippen LogP contribution < -0.4 is 5.69 Å². The first-order chi connectivity index (χ1) is 13.1. The van der Waals surface area contributed by atoms with E-state index in [1.807, 2.05) is 23.1 Å². The molecule has 5 rings (SSSR count). The van der Waals surface area contributed by atoms with Crippen molar-refractivity contribution in [3.05, 3.63) is 34.2 Å². The molecule has 1 aliphatic carbocycles. The van der Waals surface area contributed by atoms with Crippen LogP contribution in [0.15, 0.2) is 23.0 Å². The van der Waals surface area contributed by atoms with Crippen molar-refractivity contribution in [2.75, 3.05) is 26.2 Å². The molecule has 1 aromatic heterocycles. The summed E-state index contributed by atoms with van der Waals surface area (Å²) >= 11 is 0. The van der Waals surface area contributed by atoms with Crippen LogP contribution in [-0.2, 0) is 0 Å². The van der Waals surface area contributed by atoms with Gasteiger partial charge in [-0.2, -0.15) is 0 Å². The van der Waals surface area contributed by atoms with E-state index in [2.05, 4.69) is 9.88 Å². The van der Waals surface area contributed by atoms with E-state index in [1.54, 1.807) is 4.57 Å². The third kappa shape index (κ3) is 3.08. The molecule has 0 bridgehead atoms. The van der Waals surface area contributed by atoms with Gasteiger partial charge in [0.05, 0.1) is 17.1 Å². The normalized spacial score (nSPS) is 24.8. The van der Waals surface area contributed by atoms with Crippen LogP contribution in [0.5, 0.6) is 0 Å². The van der Waals surface area contributed by atoms with Crippen molar-refractivity contribution in [2.24, 2.45) is 0 Å². The number of benzene rings is 1. The first kappa shape index (κ1) is 17.0. The number of fused-ring (bicyclic) bond motifs is 1. The zero-order valence-corrected chi connectivity index (χ0v) is 15.4. The number of H-pyrrole nitrogens is 1. The molecule has 2 aliphatic heterocycles. The molecule has 1 aromatic carbocycles. The molecule has 1 unspecified atom stereocenters. The number of likely N-dealkylation sites (tertiary alicyclic amines) is 2. The molecule has 144 valence electrons. The quantitative estimate of drug-likeness (QED) is 0.854. The highest BCUT2D eigenvalue weighted by atomic mass is 16.3. The highest BCUT2D eigenvalue weighted by Gasteiger charge is 2.32. The predicted octanol–water partition coefficient (Wildman–Crippen LogP) is 1.34. The lowest BCUT2D eigenvalue weighted by molar-refractivity contribution is 0.0627. The molecule has 0 radical (unpaired) electrons. The summed E-state index contributed by atoms with van der Waals surface area (Å²) in [5.74, 6) is 0.0489. The number of piperidine rings is 1. The number of aromatic nitrogens is 2. The third-order valence-corrected chi connectivity index (χ3v) is 6.34. The largest absolute Gasteiger partial charge is 0.392 e. The third-order valence-electron chi connectivity index (χ3n) is 6.34. The Morgan fingerprint density at radius 1 is 1.04 bits per heavy atom. The van der Waals surface area contributed by atoms with E-state index in [9.17, 15) is 14.7 Å². The molecule has 2 saturated heterocycles. The molecular weight excluding hydrogens is 344 g/mol. The number of aromatic amines is 1. The van der Waals surface area contributed by atoms with Crippen LogP contribution in [0.4, 0.5) is 0 Å². The minimum Gasteiger partial charge on any atom is -0.392 e. The Labute approximate surface area is 157 Å². The summed E-state index contributed by atoms with van der Waals surface area (Å²) in [5.41, 5.74) is 2.22. The minimum absolute atomic E-state index is 0.0489. The monoisotopic (exact) mass is 370 g/mol. The lowest BCUT2D eigenvalue weighted by Crippen LogP contribution is -2.46. The lowest BCUT2D eigenvalue weighted by atomic mass is 10.0. The SMILES string of the molecule is O=C(c1ccc2[nH]c(=O)n(C3CC3)c2c1)N1CCC(N2CCC(O)C2)CC1. The van der Waals surface area contributed by atoms with Gasteiger partial charge in [0.25, 0.3) is 5.91 Å². The van der Waals surface area contributed by atoms with E-state index in [4.69, 9.17) is 0 Å². The maximum atomic E-state index is 13.0. The van der Waals surface area contributed by atoms with Crippen LogP contribution in [0.1, 0.15) is 48.5 Å². The number of nitrogens with zero attached hydrogens (tertiary/aromatic N) is 3. The molecular formula is C20H26N4O3. The molecule has 1 atom stereocenters. The van der Waals surface area contributed by atoms with Crippen molar-refractivity contribution in [3.63, 3.8) is 0 Å². The van der Waals surface area contributed by atoms with E-state index in [1.165, 1.54) is 0 Å². The van der Waals surface area contributed by atoms with Crippen LogP contribution >= 0.6 is 0 Å². The van der Waals surface area contributed by atoms with Gasteiger partial charge in [-0.3, -0.25) is 14.3 Å². The molecule has 27 heavy (non-hydrogen) atoms. The number of hydrogen-bond acceptors (Lipinski definition) is 4. The Hall–Kier alpha value is -2.12. The zero-order valence-electron chi connectivity index (χ0n) is 15.4. The molecule has 1 amide bonds. The average molecular weight is 370 g/mol. The highest BCUT2D eigenvalue weighted by Crippen LogP contribution is 2.36. The standard InChI is InChI=1S/C20H26N4O3/c25-16-7-10-23(12-16)14-5-8-22(9-6-14)19(26)13-1-4-17-18(11-13)24(15-2-3-15)20(27)21-17/h1,4,11,14-16,25H,2-3,5-10,12H2,(H,21,27). The molecule has 7 nitrogen and oxygen atoms in total. The van der Waals surface area contributed by atoms with Crippen molar-refractivity contribution in [3.8, 4) is 0 Å². The van der Waals surface area contributed by atoms with Gasteiger partial charge in [0.1, 0.15) is 0 Å². The Morgan fingerprint density at radius 3 is 2.48 bits per heavy atom. The number of aliphatic hydroxyl groups is 1. The Morgan fingerprint density at radius 2 is 1.81 bits per heavy atom. The number of aliphatic hydroxyl groups excluding tert-OH is 1. The van der Waals surface area contributed by atoms with Gasteiger partial charge in [-0.05, 0) is 50.3 Å². The molecule has 0 spiro atoms. The highest BCUT2D eigenvalue weighted by molar-refractivity contribution is 5.97. The second-order valence-corrected chi connectivity index (χ2v) is 8.22. The maximum absolute atomic E-state index is 13.0. The number of nitrogens with one attached hydrogen (secondary N) is 1. The smallest absolute Gasteiger partial charge is 0.326 e. The first-order valence-electron chi connectivity index (χ1n) is 10.1. The summed E-state index contributed by atoms with van der Waals surface area (Å²) in [4.78, 5) is 32.4. The van der Waals surface area contributed by atoms with Gasteiger partial charge in [0.2, 0.25) is 0 Å². The lowest BCUT2D eigenvalue weighted by Gasteiger charge is -2.36.